The van der Waals surface area contributed by atoms with Gasteiger partial charge in [-0.1, -0.05) is 16.8 Å². The van der Waals surface area contributed by atoms with Crippen molar-refractivity contribution >= 4 is 11.6 Å². The lowest BCUT2D eigenvalue weighted by molar-refractivity contribution is 0.0835. The van der Waals surface area contributed by atoms with Gasteiger partial charge >= 0.3 is 0 Å². The maximum absolute atomic E-state index is 6.07. The van der Waals surface area contributed by atoms with E-state index in [0.717, 1.165) is 19.4 Å². The summed E-state index contributed by atoms with van der Waals surface area (Å²) < 4.78 is 21.5. The van der Waals surface area contributed by atoms with Crippen LogP contribution in [0.4, 0.5) is 0 Å². The van der Waals surface area contributed by atoms with Crippen LogP contribution in [-0.4, -0.2) is 37.1 Å². The van der Waals surface area contributed by atoms with Crippen molar-refractivity contribution in [1.29, 1.82) is 0 Å². The number of halogens is 1. The van der Waals surface area contributed by atoms with Gasteiger partial charge < -0.3 is 18.7 Å². The molecule has 22 heavy (non-hydrogen) atoms. The first-order valence-electron chi connectivity index (χ1n) is 7.15. The Hall–Kier alpha value is -1.63. The van der Waals surface area contributed by atoms with Crippen LogP contribution in [0.5, 0.6) is 5.75 Å². The number of aromatic nitrogens is 2. The van der Waals surface area contributed by atoms with Crippen LogP contribution >= 0.6 is 11.6 Å². The number of hydrogen-bond acceptors (Lipinski definition) is 6. The Morgan fingerprint density at radius 1 is 1.36 bits per heavy atom. The maximum atomic E-state index is 6.07. The van der Waals surface area contributed by atoms with Gasteiger partial charge in [0.2, 0.25) is 5.82 Å². The zero-order valence-electron chi connectivity index (χ0n) is 12.3. The largest absolute Gasteiger partial charge is 0.490 e. The van der Waals surface area contributed by atoms with Gasteiger partial charge in [-0.05, 0) is 31.0 Å². The lowest BCUT2D eigenvalue weighted by atomic mass is 10.2. The van der Waals surface area contributed by atoms with Crippen LogP contribution in [0.15, 0.2) is 22.7 Å². The predicted octanol–water partition coefficient (Wildman–Crippen LogP) is 3.27. The summed E-state index contributed by atoms with van der Waals surface area (Å²) in [6.07, 6.45) is 1.79. The molecule has 0 N–H and O–H groups in total. The molecule has 1 unspecified atom stereocenters. The second-order valence-electron chi connectivity index (χ2n) is 4.94. The summed E-state index contributed by atoms with van der Waals surface area (Å²) in [7, 11) is 1.62. The highest BCUT2D eigenvalue weighted by molar-refractivity contribution is 6.30. The molecule has 1 atom stereocenters. The lowest BCUT2D eigenvalue weighted by Gasteiger charge is -2.09. The Kier molecular flexibility index (Phi) is 4.92. The number of hydrogen-bond donors (Lipinski definition) is 0. The fourth-order valence-electron chi connectivity index (χ4n) is 2.29. The maximum Gasteiger partial charge on any atom is 0.256 e. The molecule has 3 rings (SSSR count). The average Bonchev–Trinajstić information content (AvgIpc) is 3.20. The Bertz CT molecular complexity index is 626. The van der Waals surface area contributed by atoms with Gasteiger partial charge in [0.05, 0.1) is 12.2 Å². The van der Waals surface area contributed by atoms with E-state index in [1.165, 1.54) is 0 Å². The number of methoxy groups -OCH3 is 1. The van der Waals surface area contributed by atoms with Gasteiger partial charge in [0, 0.05) is 18.7 Å². The summed E-state index contributed by atoms with van der Waals surface area (Å²) in [6.45, 7) is 1.65. The molecule has 1 aromatic heterocycles. The van der Waals surface area contributed by atoms with Crippen molar-refractivity contribution in [3.8, 4) is 17.1 Å². The van der Waals surface area contributed by atoms with Crippen molar-refractivity contribution < 1.29 is 18.7 Å². The van der Waals surface area contributed by atoms with Crippen molar-refractivity contribution in [3.63, 3.8) is 0 Å². The smallest absolute Gasteiger partial charge is 0.256 e. The second-order valence-corrected chi connectivity index (χ2v) is 5.38. The Labute approximate surface area is 133 Å². The highest BCUT2D eigenvalue weighted by Crippen LogP contribution is 2.33. The molecule has 2 heterocycles. The van der Waals surface area contributed by atoms with Gasteiger partial charge in [0.1, 0.15) is 18.5 Å². The van der Waals surface area contributed by atoms with Crippen LogP contribution in [0.1, 0.15) is 24.8 Å². The third kappa shape index (κ3) is 3.40. The van der Waals surface area contributed by atoms with E-state index in [-0.39, 0.29) is 6.10 Å². The molecule has 1 saturated heterocycles. The van der Waals surface area contributed by atoms with Crippen LogP contribution in [0.3, 0.4) is 0 Å². The Morgan fingerprint density at radius 3 is 3.05 bits per heavy atom. The number of rotatable bonds is 6. The minimum atomic E-state index is -0.113. The standard InChI is InChI=1S/C15H17ClN2O4/c1-19-7-8-21-12-5-4-10(16)9-11(12)14-17-15(22-18-14)13-3-2-6-20-13/h4-5,9,13H,2-3,6-8H2,1H3. The molecule has 118 valence electrons. The zero-order valence-corrected chi connectivity index (χ0v) is 13.0. The minimum absolute atomic E-state index is 0.113. The van der Waals surface area contributed by atoms with Gasteiger partial charge in [-0.15, -0.1) is 0 Å². The van der Waals surface area contributed by atoms with Crippen LogP contribution in [-0.2, 0) is 9.47 Å². The SMILES string of the molecule is COCCOc1ccc(Cl)cc1-c1noc(C2CCCO2)n1. The first-order valence-corrected chi connectivity index (χ1v) is 7.52. The Morgan fingerprint density at radius 2 is 2.27 bits per heavy atom. The highest BCUT2D eigenvalue weighted by Gasteiger charge is 2.25. The molecular weight excluding hydrogens is 308 g/mol. The number of benzene rings is 1. The van der Waals surface area contributed by atoms with E-state index < -0.39 is 0 Å². The summed E-state index contributed by atoms with van der Waals surface area (Å²) in [5, 5.41) is 4.61. The summed E-state index contributed by atoms with van der Waals surface area (Å²) in [4.78, 5) is 4.42. The molecule has 1 aliphatic rings. The van der Waals surface area contributed by atoms with Crippen LogP contribution in [0.2, 0.25) is 5.02 Å². The quantitative estimate of drug-likeness (QED) is 0.760. The Balaban J connectivity index is 1.84. The van der Waals surface area contributed by atoms with Crippen molar-refractivity contribution in [3.05, 3.63) is 29.1 Å². The molecular formula is C15H17ClN2O4. The third-order valence-corrected chi connectivity index (χ3v) is 3.61. The fraction of sp³-hybridized carbons (Fsp3) is 0.467. The molecule has 2 aromatic rings. The van der Waals surface area contributed by atoms with Crippen molar-refractivity contribution in [2.45, 2.75) is 18.9 Å². The van der Waals surface area contributed by atoms with E-state index in [2.05, 4.69) is 10.1 Å². The van der Waals surface area contributed by atoms with Crippen LogP contribution in [0, 0.1) is 0 Å². The van der Waals surface area contributed by atoms with Gasteiger partial charge in [0.15, 0.2) is 0 Å². The summed E-state index contributed by atoms with van der Waals surface area (Å²) in [5.41, 5.74) is 0.691. The third-order valence-electron chi connectivity index (χ3n) is 3.37. The van der Waals surface area contributed by atoms with E-state index in [1.54, 1.807) is 25.3 Å². The molecule has 0 radical (unpaired) electrons. The summed E-state index contributed by atoms with van der Waals surface area (Å²) >= 11 is 6.07. The first kappa shape index (κ1) is 15.3. The lowest BCUT2D eigenvalue weighted by Crippen LogP contribution is -2.05. The average molecular weight is 325 g/mol. The van der Waals surface area contributed by atoms with Crippen LogP contribution < -0.4 is 4.74 Å². The van der Waals surface area contributed by atoms with Gasteiger partial charge in [-0.25, -0.2) is 0 Å². The van der Waals surface area contributed by atoms with E-state index in [4.69, 9.17) is 30.3 Å². The van der Waals surface area contributed by atoms with Gasteiger partial charge in [0.25, 0.3) is 5.89 Å². The number of nitrogens with zero attached hydrogens (tertiary/aromatic N) is 2. The van der Waals surface area contributed by atoms with Crippen molar-refractivity contribution in [2.24, 2.45) is 0 Å². The first-order chi connectivity index (χ1) is 10.8. The van der Waals surface area contributed by atoms with E-state index >= 15 is 0 Å². The molecule has 0 saturated carbocycles. The molecule has 1 aliphatic heterocycles. The summed E-state index contributed by atoms with van der Waals surface area (Å²) in [6, 6.07) is 5.30. The second kappa shape index (κ2) is 7.09. The van der Waals surface area contributed by atoms with Crippen molar-refractivity contribution in [2.75, 3.05) is 26.9 Å². The van der Waals surface area contributed by atoms with Crippen molar-refractivity contribution in [1.82, 2.24) is 10.1 Å². The molecule has 0 amide bonds. The molecule has 0 bridgehead atoms. The zero-order chi connectivity index (χ0) is 15.4. The topological polar surface area (TPSA) is 66.6 Å². The van der Waals surface area contributed by atoms with E-state index in [1.807, 2.05) is 0 Å². The number of ether oxygens (including phenoxy) is 3. The highest BCUT2D eigenvalue weighted by atomic mass is 35.5. The van der Waals surface area contributed by atoms with E-state index in [9.17, 15) is 0 Å². The molecule has 6 nitrogen and oxygen atoms in total. The normalized spacial score (nSPS) is 17.8. The minimum Gasteiger partial charge on any atom is -0.490 e. The fourth-order valence-corrected chi connectivity index (χ4v) is 2.46. The monoisotopic (exact) mass is 324 g/mol. The molecule has 1 fully saturated rings. The molecule has 7 heteroatoms. The van der Waals surface area contributed by atoms with E-state index in [0.29, 0.717) is 41.3 Å². The molecule has 0 spiro atoms. The predicted molar refractivity (Wildman–Crippen MR) is 80.0 cm³/mol. The molecule has 0 aliphatic carbocycles. The van der Waals surface area contributed by atoms with Crippen LogP contribution in [0.25, 0.3) is 11.4 Å². The molecule has 1 aromatic carbocycles. The summed E-state index contributed by atoms with van der Waals surface area (Å²) in [5.74, 6) is 1.58. The van der Waals surface area contributed by atoms with Gasteiger partial charge in [-0.3, -0.25) is 0 Å². The van der Waals surface area contributed by atoms with Gasteiger partial charge in [-0.2, -0.15) is 4.98 Å².